The van der Waals surface area contributed by atoms with Crippen molar-refractivity contribution in [1.82, 2.24) is 0 Å². The lowest BCUT2D eigenvalue weighted by atomic mass is 9.97. The number of rotatable bonds is 0. The third-order valence-electron chi connectivity index (χ3n) is 1.10. The summed E-state index contributed by atoms with van der Waals surface area (Å²) >= 11 is 1.97. The summed E-state index contributed by atoms with van der Waals surface area (Å²) in [5.74, 6) is 0. The largest absolute Gasteiger partial charge is 0.218 e. The Morgan fingerprint density at radius 3 is 1.83 bits per heavy atom. The SMILES string of the molecule is [O]C1(I)CCC1. The van der Waals surface area contributed by atoms with Gasteiger partial charge in [0.05, 0.1) is 0 Å². The zero-order valence-electron chi connectivity index (χ0n) is 3.41. The van der Waals surface area contributed by atoms with Crippen molar-refractivity contribution in [3.05, 3.63) is 0 Å². The van der Waals surface area contributed by atoms with Gasteiger partial charge < -0.3 is 0 Å². The monoisotopic (exact) mass is 197 g/mol. The molecule has 0 aromatic carbocycles. The molecule has 0 heterocycles. The summed E-state index contributed by atoms with van der Waals surface area (Å²) < 4.78 is -0.558. The molecule has 6 heavy (non-hydrogen) atoms. The molecular formula is C4H6IO. The van der Waals surface area contributed by atoms with E-state index in [4.69, 9.17) is 0 Å². The van der Waals surface area contributed by atoms with Crippen LogP contribution in [0.1, 0.15) is 19.3 Å². The van der Waals surface area contributed by atoms with Crippen LogP contribution in [-0.4, -0.2) is 3.61 Å². The molecule has 0 aromatic rings. The van der Waals surface area contributed by atoms with Crippen LogP contribution >= 0.6 is 22.6 Å². The van der Waals surface area contributed by atoms with Gasteiger partial charge in [-0.15, -0.1) is 0 Å². The van der Waals surface area contributed by atoms with E-state index in [-0.39, 0.29) is 0 Å². The molecule has 1 saturated carbocycles. The van der Waals surface area contributed by atoms with Gasteiger partial charge >= 0.3 is 0 Å². The summed E-state index contributed by atoms with van der Waals surface area (Å²) in [7, 11) is 0. The predicted molar refractivity (Wildman–Crippen MR) is 31.3 cm³/mol. The van der Waals surface area contributed by atoms with Crippen LogP contribution in [0.2, 0.25) is 0 Å². The van der Waals surface area contributed by atoms with Gasteiger partial charge in [-0.3, -0.25) is 0 Å². The molecule has 2 heteroatoms. The van der Waals surface area contributed by atoms with E-state index in [0.717, 1.165) is 19.3 Å². The topological polar surface area (TPSA) is 19.9 Å². The second-order valence-electron chi connectivity index (χ2n) is 1.74. The lowest BCUT2D eigenvalue weighted by Gasteiger charge is -2.26. The van der Waals surface area contributed by atoms with Crippen molar-refractivity contribution in [2.45, 2.75) is 22.9 Å². The van der Waals surface area contributed by atoms with E-state index >= 15 is 0 Å². The number of halogens is 1. The van der Waals surface area contributed by atoms with E-state index in [1.807, 2.05) is 22.6 Å². The maximum absolute atomic E-state index is 10.5. The smallest absolute Gasteiger partial charge is 0.154 e. The molecule has 1 fully saturated rings. The number of hydrogen-bond acceptors (Lipinski definition) is 0. The molecule has 0 unspecified atom stereocenters. The van der Waals surface area contributed by atoms with Gasteiger partial charge in [0.15, 0.2) is 3.61 Å². The summed E-state index contributed by atoms with van der Waals surface area (Å²) in [6, 6.07) is 0. The van der Waals surface area contributed by atoms with Crippen molar-refractivity contribution in [3.63, 3.8) is 0 Å². The van der Waals surface area contributed by atoms with Gasteiger partial charge in [0, 0.05) is 0 Å². The molecule has 0 atom stereocenters. The summed E-state index contributed by atoms with van der Waals surface area (Å²) in [4.78, 5) is 0. The lowest BCUT2D eigenvalue weighted by molar-refractivity contribution is 0.00819. The highest BCUT2D eigenvalue weighted by Gasteiger charge is 2.32. The van der Waals surface area contributed by atoms with E-state index in [0.29, 0.717) is 0 Å². The minimum Gasteiger partial charge on any atom is -0.218 e. The van der Waals surface area contributed by atoms with Crippen molar-refractivity contribution in [2.75, 3.05) is 0 Å². The Balaban J connectivity index is 2.31. The van der Waals surface area contributed by atoms with Crippen LogP contribution in [0.4, 0.5) is 0 Å². The zero-order chi connectivity index (χ0) is 4.62. The zero-order valence-corrected chi connectivity index (χ0v) is 5.57. The minimum atomic E-state index is -0.558. The van der Waals surface area contributed by atoms with E-state index < -0.39 is 3.61 Å². The fraction of sp³-hybridized carbons (Fsp3) is 1.00. The highest BCUT2D eigenvalue weighted by atomic mass is 127. The second-order valence-corrected chi connectivity index (χ2v) is 3.70. The normalized spacial score (nSPS) is 29.0. The van der Waals surface area contributed by atoms with Crippen LogP contribution in [0.25, 0.3) is 0 Å². The minimum absolute atomic E-state index is 0.558. The molecule has 0 amide bonds. The molecule has 1 nitrogen and oxygen atoms in total. The van der Waals surface area contributed by atoms with Crippen LogP contribution in [0, 0.1) is 0 Å². The second kappa shape index (κ2) is 1.33. The highest BCUT2D eigenvalue weighted by molar-refractivity contribution is 14.1. The third kappa shape index (κ3) is 0.846. The molecule has 1 radical (unpaired) electrons. The lowest BCUT2D eigenvalue weighted by Crippen LogP contribution is -2.26. The van der Waals surface area contributed by atoms with Gasteiger partial charge in [-0.2, -0.15) is 0 Å². The Bertz CT molecular complexity index is 54.6. The Morgan fingerprint density at radius 1 is 1.50 bits per heavy atom. The van der Waals surface area contributed by atoms with E-state index in [2.05, 4.69) is 0 Å². The molecular weight excluding hydrogens is 191 g/mol. The van der Waals surface area contributed by atoms with Gasteiger partial charge in [0.25, 0.3) is 0 Å². The first-order valence-corrected chi connectivity index (χ1v) is 3.18. The van der Waals surface area contributed by atoms with Gasteiger partial charge in [0.1, 0.15) is 0 Å². The first-order chi connectivity index (χ1) is 2.71. The van der Waals surface area contributed by atoms with E-state index in [1.54, 1.807) is 0 Å². The Labute approximate surface area is 50.9 Å². The number of hydrogen-bond donors (Lipinski definition) is 0. The Hall–Kier alpha value is 0.690. The molecule has 0 aromatic heterocycles. The van der Waals surface area contributed by atoms with Crippen LogP contribution < -0.4 is 0 Å². The van der Waals surface area contributed by atoms with Gasteiger partial charge in [-0.1, -0.05) is 0 Å². The van der Waals surface area contributed by atoms with Crippen molar-refractivity contribution >= 4 is 22.6 Å². The average molecular weight is 197 g/mol. The molecule has 0 saturated heterocycles. The van der Waals surface area contributed by atoms with Gasteiger partial charge in [-0.05, 0) is 41.9 Å². The Morgan fingerprint density at radius 2 is 1.83 bits per heavy atom. The summed E-state index contributed by atoms with van der Waals surface area (Å²) in [5.41, 5.74) is 0. The van der Waals surface area contributed by atoms with Crippen molar-refractivity contribution in [1.29, 1.82) is 0 Å². The fourth-order valence-corrected chi connectivity index (χ4v) is 1.22. The van der Waals surface area contributed by atoms with Gasteiger partial charge in [-0.25, -0.2) is 5.11 Å². The molecule has 1 aliphatic rings. The standard InChI is InChI=1S/C4H6IO/c5-4(6)2-1-3-4/h1-3H2. The van der Waals surface area contributed by atoms with Crippen molar-refractivity contribution in [2.24, 2.45) is 0 Å². The Kier molecular flexibility index (Phi) is 1.08. The maximum Gasteiger partial charge on any atom is 0.154 e. The fourth-order valence-electron chi connectivity index (χ4n) is 0.455. The van der Waals surface area contributed by atoms with E-state index in [1.165, 1.54) is 0 Å². The summed E-state index contributed by atoms with van der Waals surface area (Å²) in [6.45, 7) is 0. The van der Waals surface area contributed by atoms with Crippen LogP contribution in [-0.2, 0) is 5.11 Å². The highest BCUT2D eigenvalue weighted by Crippen LogP contribution is 2.37. The summed E-state index contributed by atoms with van der Waals surface area (Å²) in [6.07, 6.45) is 2.91. The van der Waals surface area contributed by atoms with Crippen molar-refractivity contribution < 1.29 is 5.11 Å². The first kappa shape index (κ1) is 4.84. The molecule has 1 aliphatic carbocycles. The van der Waals surface area contributed by atoms with Crippen LogP contribution in [0.15, 0.2) is 0 Å². The molecule has 0 spiro atoms. The third-order valence-corrected chi connectivity index (χ3v) is 2.18. The molecule has 1 rings (SSSR count). The molecule has 0 N–H and O–H groups in total. The summed E-state index contributed by atoms with van der Waals surface area (Å²) in [5, 5.41) is 10.5. The van der Waals surface area contributed by atoms with Crippen molar-refractivity contribution in [3.8, 4) is 0 Å². The van der Waals surface area contributed by atoms with E-state index in [9.17, 15) is 5.11 Å². The first-order valence-electron chi connectivity index (χ1n) is 2.10. The molecule has 35 valence electrons. The maximum atomic E-state index is 10.5. The van der Waals surface area contributed by atoms with Crippen LogP contribution in [0.3, 0.4) is 0 Å². The van der Waals surface area contributed by atoms with Crippen LogP contribution in [0.5, 0.6) is 0 Å². The molecule has 0 bridgehead atoms. The number of alkyl halides is 1. The molecule has 0 aliphatic heterocycles. The quantitative estimate of drug-likeness (QED) is 0.416. The van der Waals surface area contributed by atoms with Gasteiger partial charge in [0.2, 0.25) is 0 Å². The predicted octanol–water partition coefficient (Wildman–Crippen LogP) is 1.73. The average Bonchev–Trinajstić information content (AvgIpc) is 1.32.